The third-order valence-electron chi connectivity index (χ3n) is 6.22. The van der Waals surface area contributed by atoms with E-state index in [-0.39, 0.29) is 6.54 Å². The minimum Gasteiger partial charge on any atom is -0.352 e. The van der Waals surface area contributed by atoms with Gasteiger partial charge in [0.1, 0.15) is 23.2 Å². The van der Waals surface area contributed by atoms with Crippen LogP contribution in [0, 0.1) is 20.8 Å². The van der Waals surface area contributed by atoms with Crippen LogP contribution in [0.15, 0.2) is 42.6 Å². The van der Waals surface area contributed by atoms with E-state index < -0.39 is 12.2 Å². The molecule has 3 aromatic heterocycles. The fraction of sp³-hybridized carbons (Fsp3) is 0.292. The van der Waals surface area contributed by atoms with E-state index >= 15 is 0 Å². The van der Waals surface area contributed by atoms with E-state index in [2.05, 4.69) is 60.2 Å². The average molecular weight is 417 g/mol. The molecule has 3 N–H and O–H groups in total. The Morgan fingerprint density at radius 3 is 2.61 bits per heavy atom. The van der Waals surface area contributed by atoms with Crippen LogP contribution in [0.1, 0.15) is 16.7 Å². The van der Waals surface area contributed by atoms with Crippen LogP contribution in [-0.2, 0) is 0 Å². The Labute approximate surface area is 180 Å². The van der Waals surface area contributed by atoms with E-state index in [1.54, 1.807) is 6.20 Å². The van der Waals surface area contributed by atoms with Gasteiger partial charge in [0.05, 0.1) is 23.8 Å². The molecule has 0 unspecified atom stereocenters. The first kappa shape index (κ1) is 19.6. The van der Waals surface area contributed by atoms with Gasteiger partial charge in [-0.2, -0.15) is 5.10 Å². The zero-order chi connectivity index (χ0) is 21.7. The molecule has 6 nitrogen and oxygen atoms in total. The monoisotopic (exact) mass is 416 g/mol. The lowest BCUT2D eigenvalue weighted by molar-refractivity contribution is 0.333. The summed E-state index contributed by atoms with van der Waals surface area (Å²) >= 11 is 0. The van der Waals surface area contributed by atoms with Crippen molar-refractivity contribution in [3.8, 4) is 22.5 Å². The Morgan fingerprint density at radius 1 is 1.06 bits per heavy atom. The summed E-state index contributed by atoms with van der Waals surface area (Å²) in [6.45, 7) is 7.06. The summed E-state index contributed by atoms with van der Waals surface area (Å²) in [5.74, 6) is 0.721. The second-order valence-corrected chi connectivity index (χ2v) is 8.36. The Kier molecular flexibility index (Phi) is 4.70. The molecule has 0 aliphatic carbocycles. The maximum atomic E-state index is 13.8. The van der Waals surface area contributed by atoms with Gasteiger partial charge < -0.3 is 10.6 Å². The maximum Gasteiger partial charge on any atom is 0.134 e. The van der Waals surface area contributed by atoms with Crippen molar-refractivity contribution in [3.05, 3.63) is 59.3 Å². The van der Waals surface area contributed by atoms with Gasteiger partial charge in [-0.3, -0.25) is 5.10 Å². The molecule has 0 saturated carbocycles. The molecule has 0 radical (unpaired) electrons. The van der Waals surface area contributed by atoms with E-state index in [1.807, 2.05) is 17.0 Å². The predicted molar refractivity (Wildman–Crippen MR) is 122 cm³/mol. The van der Waals surface area contributed by atoms with Crippen molar-refractivity contribution in [2.75, 3.05) is 18.0 Å². The van der Waals surface area contributed by atoms with Gasteiger partial charge in [-0.15, -0.1) is 0 Å². The molecule has 158 valence electrons. The highest BCUT2D eigenvalue weighted by atomic mass is 19.1. The Morgan fingerprint density at radius 2 is 1.90 bits per heavy atom. The molecular weight excluding hydrogens is 391 g/mol. The SMILES string of the molecule is Cc1cc2[nH]nc(-c3ccc(N4C[C@@H](F)[C@@H](N)C4)nc3)c2nc1-c1cccc(C)c1C. The molecule has 4 aromatic rings. The van der Waals surface area contributed by atoms with Gasteiger partial charge >= 0.3 is 0 Å². The van der Waals surface area contributed by atoms with Gasteiger partial charge in [-0.25, -0.2) is 14.4 Å². The minimum atomic E-state index is -1.02. The number of anilines is 1. The number of halogens is 1. The highest BCUT2D eigenvalue weighted by Gasteiger charge is 2.30. The zero-order valence-corrected chi connectivity index (χ0v) is 17.9. The predicted octanol–water partition coefficient (Wildman–Crippen LogP) is 4.10. The number of nitrogens with two attached hydrogens (primary N) is 1. The molecule has 0 amide bonds. The lowest BCUT2D eigenvalue weighted by Gasteiger charge is -2.16. The second kappa shape index (κ2) is 7.42. The molecule has 7 heteroatoms. The standard InChI is InChI=1S/C24H25FN6/c1-13-5-4-6-17(15(13)3)22-14(2)9-20-24(28-22)23(30-29-20)16-7-8-21(27-10-16)31-11-18(25)19(26)12-31/h4-10,18-19H,11-12,26H2,1-3H3,(H,29,30)/t18-,19+/m1/s1. The van der Waals surface area contributed by atoms with Crippen LogP contribution in [0.3, 0.4) is 0 Å². The fourth-order valence-corrected chi connectivity index (χ4v) is 4.22. The van der Waals surface area contributed by atoms with Gasteiger partial charge in [0, 0.05) is 23.9 Å². The van der Waals surface area contributed by atoms with Crippen molar-refractivity contribution in [3.63, 3.8) is 0 Å². The van der Waals surface area contributed by atoms with E-state index in [9.17, 15) is 4.39 Å². The number of benzene rings is 1. The number of aryl methyl sites for hydroxylation is 2. The van der Waals surface area contributed by atoms with Crippen molar-refractivity contribution in [1.29, 1.82) is 0 Å². The van der Waals surface area contributed by atoms with Gasteiger partial charge in [-0.05, 0) is 55.7 Å². The van der Waals surface area contributed by atoms with Gasteiger partial charge in [0.2, 0.25) is 0 Å². The van der Waals surface area contributed by atoms with Crippen LogP contribution >= 0.6 is 0 Å². The second-order valence-electron chi connectivity index (χ2n) is 8.36. The number of fused-ring (bicyclic) bond motifs is 1. The van der Waals surface area contributed by atoms with Gasteiger partial charge in [0.25, 0.3) is 0 Å². The number of alkyl halides is 1. The first-order chi connectivity index (χ1) is 14.9. The van der Waals surface area contributed by atoms with E-state index in [1.165, 1.54) is 11.1 Å². The third-order valence-corrected chi connectivity index (χ3v) is 6.22. The Balaban J connectivity index is 1.54. The molecule has 1 saturated heterocycles. The number of nitrogens with one attached hydrogen (secondary N) is 1. The molecule has 0 bridgehead atoms. The van der Waals surface area contributed by atoms with Crippen LogP contribution < -0.4 is 10.6 Å². The molecular formula is C24H25FN6. The Hall–Kier alpha value is -3.32. The summed E-state index contributed by atoms with van der Waals surface area (Å²) in [4.78, 5) is 11.4. The topological polar surface area (TPSA) is 83.7 Å². The maximum absolute atomic E-state index is 13.8. The largest absolute Gasteiger partial charge is 0.352 e. The number of nitrogens with zero attached hydrogens (tertiary/aromatic N) is 4. The molecule has 2 atom stereocenters. The number of rotatable bonds is 3. The number of hydrogen-bond acceptors (Lipinski definition) is 5. The molecule has 1 fully saturated rings. The summed E-state index contributed by atoms with van der Waals surface area (Å²) in [5, 5.41) is 7.61. The van der Waals surface area contributed by atoms with Crippen molar-refractivity contribution in [1.82, 2.24) is 20.2 Å². The summed E-state index contributed by atoms with van der Waals surface area (Å²) < 4.78 is 13.8. The molecule has 4 heterocycles. The van der Waals surface area contributed by atoms with E-state index in [4.69, 9.17) is 10.7 Å². The lowest BCUT2D eigenvalue weighted by atomic mass is 9.97. The molecule has 1 aliphatic heterocycles. The van der Waals surface area contributed by atoms with Crippen molar-refractivity contribution in [2.45, 2.75) is 33.0 Å². The Bertz CT molecular complexity index is 1250. The summed E-state index contributed by atoms with van der Waals surface area (Å²) in [6.07, 6.45) is 0.744. The van der Waals surface area contributed by atoms with Crippen molar-refractivity contribution >= 4 is 16.9 Å². The fourth-order valence-electron chi connectivity index (χ4n) is 4.22. The van der Waals surface area contributed by atoms with E-state index in [0.29, 0.717) is 6.54 Å². The van der Waals surface area contributed by atoms with Crippen molar-refractivity contribution < 1.29 is 4.39 Å². The number of hydrogen-bond donors (Lipinski definition) is 2. The van der Waals surface area contributed by atoms with E-state index in [0.717, 1.165) is 44.9 Å². The summed E-state index contributed by atoms with van der Waals surface area (Å²) in [7, 11) is 0. The van der Waals surface area contributed by atoms with Crippen molar-refractivity contribution in [2.24, 2.45) is 5.73 Å². The smallest absolute Gasteiger partial charge is 0.134 e. The molecule has 1 aromatic carbocycles. The first-order valence-corrected chi connectivity index (χ1v) is 10.5. The first-order valence-electron chi connectivity index (χ1n) is 10.5. The van der Waals surface area contributed by atoms with Gasteiger partial charge in [0.15, 0.2) is 0 Å². The van der Waals surface area contributed by atoms with Crippen LogP contribution in [0.4, 0.5) is 10.2 Å². The molecule has 1 aliphatic rings. The number of aromatic nitrogens is 4. The molecule has 5 rings (SSSR count). The minimum absolute atomic E-state index is 0.277. The van der Waals surface area contributed by atoms with Gasteiger partial charge in [-0.1, -0.05) is 18.2 Å². The van der Waals surface area contributed by atoms with Crippen LogP contribution in [-0.4, -0.2) is 45.5 Å². The normalized spacial score (nSPS) is 18.8. The highest BCUT2D eigenvalue weighted by Crippen LogP contribution is 2.32. The summed E-state index contributed by atoms with van der Waals surface area (Å²) in [6, 6.07) is 11.8. The number of H-pyrrole nitrogens is 1. The quantitative estimate of drug-likeness (QED) is 0.525. The molecule has 31 heavy (non-hydrogen) atoms. The highest BCUT2D eigenvalue weighted by molar-refractivity contribution is 5.92. The van der Waals surface area contributed by atoms with Crippen LogP contribution in [0.25, 0.3) is 33.5 Å². The van der Waals surface area contributed by atoms with Crippen LogP contribution in [0.2, 0.25) is 0 Å². The van der Waals surface area contributed by atoms with Crippen LogP contribution in [0.5, 0.6) is 0 Å². The average Bonchev–Trinajstić information content (AvgIpc) is 3.32. The molecule has 0 spiro atoms. The zero-order valence-electron chi connectivity index (χ0n) is 17.9. The third kappa shape index (κ3) is 3.35. The lowest BCUT2D eigenvalue weighted by Crippen LogP contribution is -2.30. The number of pyridine rings is 2. The summed E-state index contributed by atoms with van der Waals surface area (Å²) in [5.41, 5.74) is 14.8. The number of aromatic amines is 1.